The summed E-state index contributed by atoms with van der Waals surface area (Å²) in [6.45, 7) is 5.12. The first-order valence-corrected chi connectivity index (χ1v) is 7.69. The van der Waals surface area contributed by atoms with Crippen LogP contribution in [0.15, 0.2) is 12.1 Å². The monoisotopic (exact) mass is 321 g/mol. The molecule has 1 aliphatic heterocycles. The highest BCUT2D eigenvalue weighted by Crippen LogP contribution is 2.27. The summed E-state index contributed by atoms with van der Waals surface area (Å²) in [6.07, 6.45) is 1.61. The summed E-state index contributed by atoms with van der Waals surface area (Å²) in [5.74, 6) is -0.501. The van der Waals surface area contributed by atoms with Gasteiger partial charge in [-0.25, -0.2) is 4.79 Å². The van der Waals surface area contributed by atoms with E-state index in [1.54, 1.807) is 0 Å². The molecule has 0 amide bonds. The Morgan fingerprint density at radius 2 is 1.96 bits per heavy atom. The molecule has 1 aliphatic rings. The van der Waals surface area contributed by atoms with Gasteiger partial charge in [-0.3, -0.25) is 9.69 Å². The summed E-state index contributed by atoms with van der Waals surface area (Å²) in [5, 5.41) is 9.25. The maximum Gasteiger partial charge on any atom is 0.343 e. The Hall–Kier alpha value is -2.08. The van der Waals surface area contributed by atoms with Crippen LogP contribution in [0.1, 0.15) is 29.5 Å². The van der Waals surface area contributed by atoms with Crippen LogP contribution in [0.3, 0.4) is 0 Å². The first-order chi connectivity index (χ1) is 10.9. The van der Waals surface area contributed by atoms with Crippen molar-refractivity contribution in [2.75, 3.05) is 20.3 Å². The van der Waals surface area contributed by atoms with Crippen molar-refractivity contribution in [3.8, 4) is 5.75 Å². The number of rotatable bonds is 6. The van der Waals surface area contributed by atoms with E-state index in [1.165, 1.54) is 7.11 Å². The molecule has 23 heavy (non-hydrogen) atoms. The number of aliphatic carboxylic acids is 1. The summed E-state index contributed by atoms with van der Waals surface area (Å²) >= 11 is 0. The van der Waals surface area contributed by atoms with Crippen molar-refractivity contribution in [1.29, 1.82) is 0 Å². The third-order valence-corrected chi connectivity index (χ3v) is 4.12. The van der Waals surface area contributed by atoms with Crippen LogP contribution in [0.4, 0.5) is 0 Å². The Morgan fingerprint density at radius 3 is 2.52 bits per heavy atom. The lowest BCUT2D eigenvalue weighted by molar-refractivity contribution is -0.143. The van der Waals surface area contributed by atoms with Crippen molar-refractivity contribution in [3.63, 3.8) is 0 Å². The molecule has 0 aliphatic carbocycles. The minimum Gasteiger partial charge on any atom is -0.481 e. The summed E-state index contributed by atoms with van der Waals surface area (Å²) in [7, 11) is 1.32. The highest BCUT2D eigenvalue weighted by Gasteiger charge is 2.30. The fourth-order valence-corrected chi connectivity index (χ4v) is 3.08. The van der Waals surface area contributed by atoms with E-state index in [9.17, 15) is 14.7 Å². The minimum atomic E-state index is -0.756. The molecule has 6 nitrogen and oxygen atoms in total. The molecule has 1 saturated heterocycles. The number of hydrogen-bond acceptors (Lipinski definition) is 5. The number of benzene rings is 1. The van der Waals surface area contributed by atoms with E-state index >= 15 is 0 Å². The topological polar surface area (TPSA) is 76.1 Å². The molecule has 0 aromatic heterocycles. The molecule has 0 bridgehead atoms. The highest BCUT2D eigenvalue weighted by molar-refractivity contribution is 5.73. The molecule has 1 aromatic rings. The van der Waals surface area contributed by atoms with Crippen molar-refractivity contribution >= 4 is 11.9 Å². The normalized spacial score (nSPS) is 18.0. The Labute approximate surface area is 136 Å². The largest absolute Gasteiger partial charge is 0.481 e. The Bertz CT molecular complexity index is 576. The Kier molecular flexibility index (Phi) is 5.60. The maximum absolute atomic E-state index is 11.3. The molecule has 126 valence electrons. The van der Waals surface area contributed by atoms with E-state index in [0.717, 1.165) is 29.7 Å². The highest BCUT2D eigenvalue weighted by atomic mass is 16.6. The van der Waals surface area contributed by atoms with E-state index in [4.69, 9.17) is 4.74 Å². The fourth-order valence-electron chi connectivity index (χ4n) is 3.08. The zero-order valence-electron chi connectivity index (χ0n) is 13.8. The first kappa shape index (κ1) is 17.3. The Balaban J connectivity index is 2.10. The van der Waals surface area contributed by atoms with Crippen LogP contribution in [-0.2, 0) is 20.9 Å². The average Bonchev–Trinajstić information content (AvgIpc) is 2.94. The van der Waals surface area contributed by atoms with Gasteiger partial charge in [0.2, 0.25) is 0 Å². The van der Waals surface area contributed by atoms with Crippen molar-refractivity contribution < 1.29 is 24.2 Å². The van der Waals surface area contributed by atoms with Gasteiger partial charge >= 0.3 is 11.9 Å². The van der Waals surface area contributed by atoms with Gasteiger partial charge < -0.3 is 14.6 Å². The number of aryl methyl sites for hydroxylation is 2. The zero-order valence-corrected chi connectivity index (χ0v) is 13.8. The quantitative estimate of drug-likeness (QED) is 0.807. The van der Waals surface area contributed by atoms with E-state index in [1.807, 2.05) is 30.9 Å². The smallest absolute Gasteiger partial charge is 0.343 e. The second-order valence-corrected chi connectivity index (χ2v) is 5.89. The molecule has 6 heteroatoms. The van der Waals surface area contributed by atoms with Gasteiger partial charge in [0, 0.05) is 6.54 Å². The minimum absolute atomic E-state index is 0.120. The lowest BCUT2D eigenvalue weighted by atomic mass is 10.0. The number of carboxylic acids is 1. The van der Waals surface area contributed by atoms with Gasteiger partial charge in [-0.15, -0.1) is 0 Å². The summed E-state index contributed by atoms with van der Waals surface area (Å²) in [5.41, 5.74) is 2.91. The van der Waals surface area contributed by atoms with Gasteiger partial charge in [0.05, 0.1) is 7.11 Å². The number of hydrogen-bond donors (Lipinski definition) is 1. The van der Waals surface area contributed by atoms with Crippen molar-refractivity contribution in [1.82, 2.24) is 4.90 Å². The van der Waals surface area contributed by atoms with Crippen LogP contribution in [0.2, 0.25) is 0 Å². The SMILES string of the molecule is COC(=O)COc1c(C)cc(CN2CCC[C@@H]2C(=O)O)cc1C. The maximum atomic E-state index is 11.3. The van der Waals surface area contributed by atoms with Crippen LogP contribution in [-0.4, -0.2) is 48.2 Å². The number of nitrogens with zero attached hydrogens (tertiary/aromatic N) is 1. The van der Waals surface area contributed by atoms with Crippen molar-refractivity contribution in [2.45, 2.75) is 39.3 Å². The number of ether oxygens (including phenoxy) is 2. The average molecular weight is 321 g/mol. The number of esters is 1. The molecular formula is C17H23NO5. The lowest BCUT2D eigenvalue weighted by Crippen LogP contribution is -2.35. The van der Waals surface area contributed by atoms with Crippen LogP contribution in [0.25, 0.3) is 0 Å². The number of carboxylic acid groups (broad SMARTS) is 1. The third-order valence-electron chi connectivity index (χ3n) is 4.12. The van der Waals surface area contributed by atoms with Gasteiger partial charge in [-0.2, -0.15) is 0 Å². The number of likely N-dealkylation sites (tertiary alicyclic amines) is 1. The third kappa shape index (κ3) is 4.22. The van der Waals surface area contributed by atoms with Gasteiger partial charge in [0.15, 0.2) is 6.61 Å². The van der Waals surface area contributed by atoms with Crippen molar-refractivity contribution in [2.24, 2.45) is 0 Å². The molecule has 1 N–H and O–H groups in total. The molecule has 0 spiro atoms. The summed E-state index contributed by atoms with van der Waals surface area (Å²) in [6, 6.07) is 3.57. The molecule has 1 fully saturated rings. The second-order valence-electron chi connectivity index (χ2n) is 5.89. The zero-order chi connectivity index (χ0) is 17.0. The standard InChI is InChI=1S/C17H23NO5/c1-11-7-13(9-18-6-4-5-14(18)17(20)21)8-12(2)16(11)23-10-15(19)22-3/h7-8,14H,4-6,9-10H2,1-3H3,(H,20,21)/t14-/m1/s1. The summed E-state index contributed by atoms with van der Waals surface area (Å²) < 4.78 is 10.1. The van der Waals surface area contributed by atoms with E-state index in [-0.39, 0.29) is 6.61 Å². The first-order valence-electron chi connectivity index (χ1n) is 7.69. The second kappa shape index (κ2) is 7.46. The molecule has 1 atom stereocenters. The van der Waals surface area contributed by atoms with E-state index < -0.39 is 18.0 Å². The molecule has 0 unspecified atom stereocenters. The number of carbonyl (C=O) groups is 2. The lowest BCUT2D eigenvalue weighted by Gasteiger charge is -2.22. The predicted molar refractivity (Wildman–Crippen MR) is 84.5 cm³/mol. The van der Waals surface area contributed by atoms with E-state index in [2.05, 4.69) is 4.74 Å². The Morgan fingerprint density at radius 1 is 1.30 bits per heavy atom. The molecule has 2 rings (SSSR count). The number of methoxy groups -OCH3 is 1. The van der Waals surface area contributed by atoms with Gasteiger partial charge in [0.1, 0.15) is 11.8 Å². The van der Waals surface area contributed by atoms with Gasteiger partial charge in [0.25, 0.3) is 0 Å². The molecule has 1 heterocycles. The van der Waals surface area contributed by atoms with E-state index in [0.29, 0.717) is 18.7 Å². The molecular weight excluding hydrogens is 298 g/mol. The van der Waals surface area contributed by atoms with Crippen LogP contribution in [0, 0.1) is 13.8 Å². The van der Waals surface area contributed by atoms with Crippen LogP contribution < -0.4 is 4.74 Å². The van der Waals surface area contributed by atoms with Gasteiger partial charge in [-0.05, 0) is 49.9 Å². The number of carbonyl (C=O) groups excluding carboxylic acids is 1. The fraction of sp³-hybridized carbons (Fsp3) is 0.529. The molecule has 0 saturated carbocycles. The van der Waals surface area contributed by atoms with Gasteiger partial charge in [-0.1, -0.05) is 12.1 Å². The summed E-state index contributed by atoms with van der Waals surface area (Å²) in [4.78, 5) is 24.4. The van der Waals surface area contributed by atoms with Crippen molar-refractivity contribution in [3.05, 3.63) is 28.8 Å². The van der Waals surface area contributed by atoms with Crippen LogP contribution >= 0.6 is 0 Å². The predicted octanol–water partition coefficient (Wildman–Crippen LogP) is 1.90. The molecule has 0 radical (unpaired) electrons. The molecule has 1 aromatic carbocycles. The van der Waals surface area contributed by atoms with Crippen LogP contribution in [0.5, 0.6) is 5.75 Å².